The predicted molar refractivity (Wildman–Crippen MR) is 140 cm³/mol. The number of hydrogen-bond donors (Lipinski definition) is 4. The van der Waals surface area contributed by atoms with E-state index in [0.29, 0.717) is 41.7 Å². The van der Waals surface area contributed by atoms with Crippen LogP contribution in [0.25, 0.3) is 11.2 Å². The number of nitrogens with zero attached hydrogens (tertiary/aromatic N) is 6. The topological polar surface area (TPSA) is 156 Å². The van der Waals surface area contributed by atoms with E-state index in [0.717, 1.165) is 51.4 Å². The van der Waals surface area contributed by atoms with Crippen molar-refractivity contribution in [2.75, 3.05) is 50.0 Å². The number of aliphatic hydroxyl groups excluding tert-OH is 2. The summed E-state index contributed by atoms with van der Waals surface area (Å²) in [7, 11) is 0. The molecule has 0 spiro atoms. The van der Waals surface area contributed by atoms with Crippen molar-refractivity contribution in [3.05, 3.63) is 23.8 Å². The van der Waals surface area contributed by atoms with E-state index in [9.17, 15) is 10.2 Å². The monoisotopic (exact) mass is 530 g/mol. The second-order valence-corrected chi connectivity index (χ2v) is 9.76. The van der Waals surface area contributed by atoms with Crippen LogP contribution in [-0.2, 0) is 15.9 Å². The van der Waals surface area contributed by atoms with Crippen molar-refractivity contribution in [1.29, 1.82) is 0 Å². The van der Waals surface area contributed by atoms with Gasteiger partial charge in [-0.1, -0.05) is 25.9 Å². The molecule has 2 saturated heterocycles. The van der Waals surface area contributed by atoms with Gasteiger partial charge in [-0.15, -0.1) is 0 Å². The van der Waals surface area contributed by atoms with Crippen molar-refractivity contribution in [3.8, 4) is 0 Å². The SMILES string of the molecule is CCc1cc([C@H]2O[C@@H](n3cnc4c(NC(CC)CC)nc(NCCN5CCOCC5)nc43)[C@H](O)[C@@H]2O)on1. The lowest BCUT2D eigenvalue weighted by molar-refractivity contribution is -0.0434. The molecule has 5 heterocycles. The Morgan fingerprint density at radius 3 is 2.61 bits per heavy atom. The minimum absolute atomic E-state index is 0.221. The first-order chi connectivity index (χ1) is 18.5. The highest BCUT2D eigenvalue weighted by atomic mass is 16.6. The maximum absolute atomic E-state index is 11.0. The van der Waals surface area contributed by atoms with Crippen LogP contribution in [-0.4, -0.2) is 97.4 Å². The molecule has 0 saturated carbocycles. The van der Waals surface area contributed by atoms with Crippen LogP contribution < -0.4 is 10.6 Å². The van der Waals surface area contributed by atoms with Crippen molar-refractivity contribution in [1.82, 2.24) is 29.6 Å². The number of hydrogen-bond acceptors (Lipinski definition) is 12. The third kappa shape index (κ3) is 5.47. The zero-order chi connectivity index (χ0) is 26.6. The molecule has 3 aromatic heterocycles. The average molecular weight is 531 g/mol. The molecule has 0 aromatic carbocycles. The maximum Gasteiger partial charge on any atom is 0.226 e. The van der Waals surface area contributed by atoms with Crippen LogP contribution in [0.4, 0.5) is 11.8 Å². The second kappa shape index (κ2) is 11.9. The van der Waals surface area contributed by atoms with Crippen molar-refractivity contribution in [3.63, 3.8) is 0 Å². The third-order valence-corrected chi connectivity index (χ3v) is 7.30. The molecule has 4 atom stereocenters. The van der Waals surface area contributed by atoms with E-state index >= 15 is 0 Å². The standard InChI is InChI=1S/C25H38N8O5/c1-4-15(5-2)28-22-18-23(30-25(29-22)26-7-8-32-9-11-36-12-10-32)33(14-27-18)24-20(35)19(34)21(37-24)17-13-16(6-3)31-38-17/h13-15,19-21,24,34-35H,4-12H2,1-3H3,(H2,26,28,29,30)/t19-,20+,21+,24+/m0/s1. The predicted octanol–water partition coefficient (Wildman–Crippen LogP) is 1.71. The molecular weight excluding hydrogens is 492 g/mol. The van der Waals surface area contributed by atoms with Gasteiger partial charge in [-0.2, -0.15) is 9.97 Å². The summed E-state index contributed by atoms with van der Waals surface area (Å²) in [5.41, 5.74) is 1.81. The Balaban J connectivity index is 1.42. The van der Waals surface area contributed by atoms with Crippen LogP contribution in [0.1, 0.15) is 57.4 Å². The molecule has 2 fully saturated rings. The highest BCUT2D eigenvalue weighted by Crippen LogP contribution is 2.40. The van der Waals surface area contributed by atoms with Gasteiger partial charge in [0, 0.05) is 38.3 Å². The van der Waals surface area contributed by atoms with E-state index in [1.807, 2.05) is 6.92 Å². The molecule has 0 aliphatic carbocycles. The number of fused-ring (bicyclic) bond motifs is 1. The van der Waals surface area contributed by atoms with Crippen LogP contribution in [0, 0.1) is 0 Å². The summed E-state index contributed by atoms with van der Waals surface area (Å²) in [5.74, 6) is 1.44. The molecule has 5 rings (SSSR count). The van der Waals surface area contributed by atoms with Crippen LogP contribution in [0.3, 0.4) is 0 Å². The van der Waals surface area contributed by atoms with Crippen molar-refractivity contribution >= 4 is 22.9 Å². The molecule has 13 nitrogen and oxygen atoms in total. The number of morpholine rings is 1. The largest absolute Gasteiger partial charge is 0.387 e. The van der Waals surface area contributed by atoms with Gasteiger partial charge in [0.15, 0.2) is 29.0 Å². The van der Waals surface area contributed by atoms with E-state index in [4.69, 9.17) is 24.0 Å². The maximum atomic E-state index is 11.0. The quantitative estimate of drug-likeness (QED) is 0.285. The van der Waals surface area contributed by atoms with Crippen LogP contribution in [0.15, 0.2) is 16.9 Å². The van der Waals surface area contributed by atoms with E-state index in [-0.39, 0.29) is 6.04 Å². The van der Waals surface area contributed by atoms with Crippen LogP contribution in [0.5, 0.6) is 0 Å². The summed E-state index contributed by atoms with van der Waals surface area (Å²) in [6.07, 6.45) is -0.108. The summed E-state index contributed by atoms with van der Waals surface area (Å²) in [4.78, 5) is 16.4. The van der Waals surface area contributed by atoms with Gasteiger partial charge in [0.1, 0.15) is 18.3 Å². The number of aryl methyl sites for hydroxylation is 1. The highest BCUT2D eigenvalue weighted by Gasteiger charge is 2.47. The number of imidazole rings is 1. The molecule has 2 aliphatic heterocycles. The van der Waals surface area contributed by atoms with Gasteiger partial charge in [0.05, 0.1) is 25.2 Å². The smallest absolute Gasteiger partial charge is 0.226 e. The van der Waals surface area contributed by atoms with E-state index in [1.54, 1.807) is 17.0 Å². The minimum atomic E-state index is -1.23. The Morgan fingerprint density at radius 2 is 1.89 bits per heavy atom. The van der Waals surface area contributed by atoms with E-state index < -0.39 is 24.5 Å². The third-order valence-electron chi connectivity index (χ3n) is 7.30. The zero-order valence-corrected chi connectivity index (χ0v) is 22.2. The molecule has 0 radical (unpaired) electrons. The van der Waals surface area contributed by atoms with E-state index in [2.05, 4.69) is 39.5 Å². The lowest BCUT2D eigenvalue weighted by Crippen LogP contribution is -2.39. The number of ether oxygens (including phenoxy) is 2. The van der Waals surface area contributed by atoms with Crippen LogP contribution >= 0.6 is 0 Å². The first-order valence-electron chi connectivity index (χ1n) is 13.5. The molecule has 13 heteroatoms. The second-order valence-electron chi connectivity index (χ2n) is 9.76. The first kappa shape index (κ1) is 26.8. The summed E-state index contributed by atoms with van der Waals surface area (Å²) in [6.45, 7) is 11.0. The Hall–Kier alpha value is -2.84. The van der Waals surface area contributed by atoms with Gasteiger partial charge < -0.3 is 34.8 Å². The fraction of sp³-hybridized carbons (Fsp3) is 0.680. The normalized spacial score (nSPS) is 24.5. The molecule has 0 amide bonds. The van der Waals surface area contributed by atoms with E-state index in [1.165, 1.54) is 0 Å². The molecule has 3 aromatic rings. The Bertz CT molecular complexity index is 1190. The van der Waals surface area contributed by atoms with Gasteiger partial charge in [-0.25, -0.2) is 4.98 Å². The Labute approximate surface area is 221 Å². The summed E-state index contributed by atoms with van der Waals surface area (Å²) in [5, 5.41) is 32.6. The molecular formula is C25H38N8O5. The number of rotatable bonds is 11. The molecule has 2 aliphatic rings. The summed E-state index contributed by atoms with van der Waals surface area (Å²) >= 11 is 0. The summed E-state index contributed by atoms with van der Waals surface area (Å²) < 4.78 is 18.6. The number of aromatic nitrogens is 5. The van der Waals surface area contributed by atoms with Crippen LogP contribution in [0.2, 0.25) is 0 Å². The Morgan fingerprint density at radius 1 is 1.11 bits per heavy atom. The number of aliphatic hydroxyl groups is 2. The number of anilines is 2. The first-order valence-corrected chi connectivity index (χ1v) is 13.5. The molecule has 0 unspecified atom stereocenters. The van der Waals surface area contributed by atoms with Gasteiger partial charge in [0.25, 0.3) is 0 Å². The van der Waals surface area contributed by atoms with Crippen molar-refractivity contribution < 1.29 is 24.2 Å². The highest BCUT2D eigenvalue weighted by molar-refractivity contribution is 5.84. The summed E-state index contributed by atoms with van der Waals surface area (Å²) in [6, 6.07) is 1.96. The van der Waals surface area contributed by atoms with Gasteiger partial charge in [-0.05, 0) is 19.3 Å². The average Bonchev–Trinajstić information content (AvgIpc) is 3.66. The van der Waals surface area contributed by atoms with Gasteiger partial charge in [-0.3, -0.25) is 9.47 Å². The molecule has 0 bridgehead atoms. The van der Waals surface area contributed by atoms with Crippen molar-refractivity contribution in [2.45, 2.75) is 70.6 Å². The Kier molecular flexibility index (Phi) is 8.39. The molecule has 208 valence electrons. The van der Waals surface area contributed by atoms with Gasteiger partial charge >= 0.3 is 0 Å². The fourth-order valence-corrected chi connectivity index (χ4v) is 4.87. The minimum Gasteiger partial charge on any atom is -0.387 e. The molecule has 4 N–H and O–H groups in total. The van der Waals surface area contributed by atoms with Crippen molar-refractivity contribution in [2.24, 2.45) is 0 Å². The molecule has 38 heavy (non-hydrogen) atoms. The fourth-order valence-electron chi connectivity index (χ4n) is 4.87. The lowest BCUT2D eigenvalue weighted by Gasteiger charge is -2.26. The lowest BCUT2D eigenvalue weighted by atomic mass is 10.1. The zero-order valence-electron chi connectivity index (χ0n) is 22.2. The van der Waals surface area contributed by atoms with Gasteiger partial charge in [0.2, 0.25) is 5.95 Å². The number of nitrogens with one attached hydrogen (secondary N) is 2.